The van der Waals surface area contributed by atoms with Crippen LogP contribution in [0.3, 0.4) is 0 Å². The van der Waals surface area contributed by atoms with Gasteiger partial charge in [0.1, 0.15) is 22.9 Å². The summed E-state index contributed by atoms with van der Waals surface area (Å²) in [5.41, 5.74) is 3.71. The summed E-state index contributed by atoms with van der Waals surface area (Å²) in [6.45, 7) is 0. The van der Waals surface area contributed by atoms with E-state index >= 15 is 0 Å². The molecule has 0 bridgehead atoms. The molecule has 0 aliphatic heterocycles. The van der Waals surface area contributed by atoms with Crippen LogP contribution < -0.4 is 0 Å². The van der Waals surface area contributed by atoms with Gasteiger partial charge >= 0.3 is 0 Å². The topological polar surface area (TPSA) is 59.4 Å². The maximum absolute atomic E-state index is 4.19. The fraction of sp³-hybridized carbons (Fsp3) is 0.125. The zero-order valence-electron chi connectivity index (χ0n) is 7.02. The lowest BCUT2D eigenvalue weighted by Crippen LogP contribution is -1.90. The van der Waals surface area contributed by atoms with Crippen molar-refractivity contribution in [1.29, 1.82) is 0 Å². The Morgan fingerprint density at radius 3 is 3.00 bits per heavy atom. The van der Waals surface area contributed by atoms with E-state index in [4.69, 9.17) is 0 Å². The van der Waals surface area contributed by atoms with Gasteiger partial charge in [0.2, 0.25) is 0 Å². The summed E-state index contributed by atoms with van der Waals surface area (Å²) in [6.07, 6.45) is 1.57. The van der Waals surface area contributed by atoms with Gasteiger partial charge in [-0.15, -0.1) is 0 Å². The lowest BCUT2D eigenvalue weighted by Gasteiger charge is -1.92. The average molecular weight is 173 g/mol. The van der Waals surface area contributed by atoms with Gasteiger partial charge in [-0.3, -0.25) is 4.68 Å². The van der Waals surface area contributed by atoms with Gasteiger partial charge in [0.15, 0.2) is 0 Å². The highest BCUT2D eigenvalue weighted by molar-refractivity contribution is 5.99. The van der Waals surface area contributed by atoms with Crippen molar-refractivity contribution in [1.82, 2.24) is 25.0 Å². The first-order valence-corrected chi connectivity index (χ1v) is 3.97. The number of nitrogens with one attached hydrogen (secondary N) is 1. The van der Waals surface area contributed by atoms with E-state index in [1.807, 2.05) is 23.9 Å². The quantitative estimate of drug-likeness (QED) is 0.548. The van der Waals surface area contributed by atoms with Gasteiger partial charge in [0.25, 0.3) is 0 Å². The zero-order valence-corrected chi connectivity index (χ0v) is 7.02. The largest absolute Gasteiger partial charge is 0.271 e. The molecule has 64 valence electrons. The number of nitrogens with zero attached hydrogens (tertiary/aromatic N) is 4. The van der Waals surface area contributed by atoms with Crippen molar-refractivity contribution < 1.29 is 0 Å². The summed E-state index contributed by atoms with van der Waals surface area (Å²) in [5.74, 6) is 0. The molecule has 0 saturated carbocycles. The first kappa shape index (κ1) is 6.59. The number of aromatic amines is 1. The van der Waals surface area contributed by atoms with E-state index in [-0.39, 0.29) is 0 Å². The summed E-state index contributed by atoms with van der Waals surface area (Å²) in [5, 5.41) is 6.98. The molecule has 0 amide bonds. The van der Waals surface area contributed by atoms with Gasteiger partial charge < -0.3 is 0 Å². The molecule has 0 aliphatic rings. The van der Waals surface area contributed by atoms with Crippen molar-refractivity contribution in [2.75, 3.05) is 0 Å². The van der Waals surface area contributed by atoms with Crippen LogP contribution in [0.4, 0.5) is 0 Å². The molecule has 0 saturated heterocycles. The standard InChI is InChI=1S/C8H7N5/c1-13-8-6(11-12-13)3-2-5-7(8)10-4-9-5/h2-4,12H,1H3. The highest BCUT2D eigenvalue weighted by Gasteiger charge is 2.06. The van der Waals surface area contributed by atoms with Crippen LogP contribution in [0.2, 0.25) is 0 Å². The molecule has 0 aliphatic carbocycles. The van der Waals surface area contributed by atoms with Crippen molar-refractivity contribution in [3.05, 3.63) is 18.5 Å². The van der Waals surface area contributed by atoms with Crippen molar-refractivity contribution in [2.24, 2.45) is 7.05 Å². The van der Waals surface area contributed by atoms with Crippen LogP contribution >= 0.6 is 0 Å². The SMILES string of the molecule is Cn1[nH]nc2ccc3ncnc3c21. The molecule has 1 aromatic carbocycles. The van der Waals surface area contributed by atoms with E-state index in [0.29, 0.717) is 0 Å². The second kappa shape index (κ2) is 2.07. The molecule has 0 fully saturated rings. The second-order valence-electron chi connectivity index (χ2n) is 2.95. The maximum Gasteiger partial charge on any atom is 0.118 e. The Morgan fingerprint density at radius 1 is 1.23 bits per heavy atom. The number of benzene rings is 1. The van der Waals surface area contributed by atoms with Gasteiger partial charge in [-0.2, -0.15) is 5.10 Å². The van der Waals surface area contributed by atoms with Crippen molar-refractivity contribution >= 4 is 22.1 Å². The summed E-state index contributed by atoms with van der Waals surface area (Å²) in [6, 6.07) is 3.86. The zero-order chi connectivity index (χ0) is 8.84. The molecule has 2 aromatic heterocycles. The number of hydrogen-bond acceptors (Lipinski definition) is 3. The Balaban J connectivity index is 2.70. The minimum atomic E-state index is 0.897. The number of aromatic nitrogens is 5. The van der Waals surface area contributed by atoms with Crippen LogP contribution in [-0.2, 0) is 7.05 Å². The molecule has 3 aromatic rings. The fourth-order valence-corrected chi connectivity index (χ4v) is 1.54. The Hall–Kier alpha value is -1.91. The molecule has 2 heterocycles. The van der Waals surface area contributed by atoms with Crippen LogP contribution in [0.1, 0.15) is 0 Å². The van der Waals surface area contributed by atoms with E-state index in [9.17, 15) is 0 Å². The molecule has 0 unspecified atom stereocenters. The monoisotopic (exact) mass is 173 g/mol. The number of fused-ring (bicyclic) bond motifs is 3. The Kier molecular flexibility index (Phi) is 1.05. The first-order valence-electron chi connectivity index (χ1n) is 3.97. The predicted octanol–water partition coefficient (Wildman–Crippen LogP) is 0.845. The van der Waals surface area contributed by atoms with Gasteiger partial charge in [-0.1, -0.05) is 0 Å². The van der Waals surface area contributed by atoms with E-state index in [1.165, 1.54) is 0 Å². The average Bonchev–Trinajstić information content (AvgIpc) is 2.70. The van der Waals surface area contributed by atoms with Crippen molar-refractivity contribution in [3.8, 4) is 0 Å². The molecule has 0 atom stereocenters. The summed E-state index contributed by atoms with van der Waals surface area (Å²) >= 11 is 0. The number of H-pyrrole nitrogens is 1. The van der Waals surface area contributed by atoms with Gasteiger partial charge in [0.05, 0.1) is 5.52 Å². The third kappa shape index (κ3) is 0.729. The fourth-order valence-electron chi connectivity index (χ4n) is 1.54. The molecule has 1 N–H and O–H groups in total. The molecule has 5 nitrogen and oxygen atoms in total. The number of hydrogen-bond donors (Lipinski definition) is 1. The predicted molar refractivity (Wildman–Crippen MR) is 48.2 cm³/mol. The first-order chi connectivity index (χ1) is 6.36. The van der Waals surface area contributed by atoms with E-state index in [1.54, 1.807) is 6.33 Å². The summed E-state index contributed by atoms with van der Waals surface area (Å²) in [7, 11) is 1.91. The van der Waals surface area contributed by atoms with Crippen molar-refractivity contribution in [2.45, 2.75) is 0 Å². The van der Waals surface area contributed by atoms with Crippen LogP contribution in [0.5, 0.6) is 0 Å². The van der Waals surface area contributed by atoms with Gasteiger partial charge in [-0.05, 0) is 12.1 Å². The third-order valence-electron chi connectivity index (χ3n) is 2.15. The maximum atomic E-state index is 4.19. The van der Waals surface area contributed by atoms with Crippen LogP contribution in [0, 0.1) is 0 Å². The smallest absolute Gasteiger partial charge is 0.118 e. The molecule has 3 rings (SSSR count). The third-order valence-corrected chi connectivity index (χ3v) is 2.15. The number of aryl methyl sites for hydroxylation is 1. The van der Waals surface area contributed by atoms with Gasteiger partial charge in [-0.25, -0.2) is 15.2 Å². The van der Waals surface area contributed by atoms with E-state index in [0.717, 1.165) is 22.1 Å². The molecule has 0 spiro atoms. The second-order valence-corrected chi connectivity index (χ2v) is 2.95. The number of rotatable bonds is 0. The Morgan fingerprint density at radius 2 is 2.08 bits per heavy atom. The number of imidazole rings is 1. The minimum absolute atomic E-state index is 0.897. The van der Waals surface area contributed by atoms with Gasteiger partial charge in [0, 0.05) is 7.05 Å². The van der Waals surface area contributed by atoms with Crippen LogP contribution in [0.15, 0.2) is 18.5 Å². The van der Waals surface area contributed by atoms with E-state index < -0.39 is 0 Å². The Bertz CT molecular complexity index is 576. The summed E-state index contributed by atoms with van der Waals surface area (Å²) < 4.78 is 1.84. The highest BCUT2D eigenvalue weighted by atomic mass is 15.4. The van der Waals surface area contributed by atoms with Crippen LogP contribution in [0.25, 0.3) is 22.1 Å². The summed E-state index contributed by atoms with van der Waals surface area (Å²) in [4.78, 5) is 8.31. The normalized spacial score (nSPS) is 11.5. The molecule has 5 heteroatoms. The minimum Gasteiger partial charge on any atom is -0.271 e. The van der Waals surface area contributed by atoms with E-state index in [2.05, 4.69) is 20.3 Å². The molecule has 0 radical (unpaired) electrons. The molecular weight excluding hydrogens is 166 g/mol. The molecular formula is C8H7N5. The van der Waals surface area contributed by atoms with Crippen molar-refractivity contribution in [3.63, 3.8) is 0 Å². The molecule has 13 heavy (non-hydrogen) atoms. The van der Waals surface area contributed by atoms with Crippen LogP contribution in [-0.4, -0.2) is 25.0 Å². The lowest BCUT2D eigenvalue weighted by molar-refractivity contribution is 0.737. The Labute approximate surface area is 73.4 Å². The lowest BCUT2D eigenvalue weighted by atomic mass is 10.2. The highest BCUT2D eigenvalue weighted by Crippen LogP contribution is 2.19.